The van der Waals surface area contributed by atoms with Crippen LogP contribution in [0.3, 0.4) is 0 Å². The third kappa shape index (κ3) is 3.10. The summed E-state index contributed by atoms with van der Waals surface area (Å²) in [4.78, 5) is 30.5. The molecule has 0 amide bonds. The van der Waals surface area contributed by atoms with Gasteiger partial charge in [-0.2, -0.15) is 0 Å². The molecule has 0 aliphatic carbocycles. The Labute approximate surface area is 138 Å². The summed E-state index contributed by atoms with van der Waals surface area (Å²) in [6.07, 6.45) is 1.03. The van der Waals surface area contributed by atoms with Gasteiger partial charge >= 0.3 is 0 Å². The van der Waals surface area contributed by atoms with E-state index < -0.39 is 0 Å². The fraction of sp³-hybridized carbons (Fsp3) is 0.278. The topological polar surface area (TPSA) is 52.0 Å². The summed E-state index contributed by atoms with van der Waals surface area (Å²) in [5.74, 6) is 0.819. The number of fused-ring (bicyclic) bond motifs is 1. The summed E-state index contributed by atoms with van der Waals surface area (Å²) < 4.78 is 1.64. The van der Waals surface area contributed by atoms with Crippen LogP contribution in [0.25, 0.3) is 20.7 Å². The molecule has 118 valence electrons. The Kier molecular flexibility index (Phi) is 4.39. The third-order valence-corrected chi connectivity index (χ3v) is 4.87. The van der Waals surface area contributed by atoms with Crippen molar-refractivity contribution in [2.45, 2.75) is 33.2 Å². The molecular formula is C18H18N2O2S. The van der Waals surface area contributed by atoms with E-state index in [1.807, 2.05) is 43.3 Å². The Morgan fingerprint density at radius 2 is 2.00 bits per heavy atom. The SMILES string of the molecule is CCc1nc2sc(-c3ccccc3)cc2c(=O)n1CCC(C)=O. The van der Waals surface area contributed by atoms with Gasteiger partial charge in [0, 0.05) is 24.3 Å². The van der Waals surface area contributed by atoms with Crippen LogP contribution in [0.2, 0.25) is 0 Å². The van der Waals surface area contributed by atoms with Crippen LogP contribution in [0.4, 0.5) is 0 Å². The van der Waals surface area contributed by atoms with Crippen molar-refractivity contribution < 1.29 is 4.79 Å². The molecular weight excluding hydrogens is 308 g/mol. The lowest BCUT2D eigenvalue weighted by atomic mass is 10.2. The van der Waals surface area contributed by atoms with Gasteiger partial charge in [-0.3, -0.25) is 14.2 Å². The quantitative estimate of drug-likeness (QED) is 0.719. The lowest BCUT2D eigenvalue weighted by molar-refractivity contribution is -0.117. The van der Waals surface area contributed by atoms with Gasteiger partial charge in [-0.25, -0.2) is 4.98 Å². The maximum Gasteiger partial charge on any atom is 0.262 e. The molecule has 1 aromatic carbocycles. The number of thiophene rings is 1. The molecule has 3 aromatic rings. The van der Waals surface area contributed by atoms with Crippen LogP contribution in [0.15, 0.2) is 41.2 Å². The van der Waals surface area contributed by atoms with Crippen LogP contribution < -0.4 is 5.56 Å². The van der Waals surface area contributed by atoms with Crippen LogP contribution in [0, 0.1) is 0 Å². The molecule has 0 spiro atoms. The molecule has 4 nitrogen and oxygen atoms in total. The number of ketones is 1. The molecule has 0 saturated heterocycles. The summed E-state index contributed by atoms with van der Waals surface area (Å²) in [6.45, 7) is 3.92. The monoisotopic (exact) mass is 326 g/mol. The van der Waals surface area contributed by atoms with E-state index >= 15 is 0 Å². The molecule has 0 saturated carbocycles. The van der Waals surface area contributed by atoms with Crippen molar-refractivity contribution in [3.8, 4) is 10.4 Å². The summed E-state index contributed by atoms with van der Waals surface area (Å²) in [5, 5.41) is 0.634. The highest BCUT2D eigenvalue weighted by atomic mass is 32.1. The second-order valence-corrected chi connectivity index (χ2v) is 6.52. The average Bonchev–Trinajstić information content (AvgIpc) is 2.98. The normalized spacial score (nSPS) is 11.0. The van der Waals surface area contributed by atoms with Gasteiger partial charge in [0.25, 0.3) is 5.56 Å². The number of carbonyl (C=O) groups is 1. The van der Waals surface area contributed by atoms with Crippen LogP contribution in [0.1, 0.15) is 26.1 Å². The predicted octanol–water partition coefficient (Wildman–Crippen LogP) is 3.67. The van der Waals surface area contributed by atoms with E-state index in [2.05, 4.69) is 4.98 Å². The largest absolute Gasteiger partial charge is 0.300 e. The molecule has 0 aliphatic heterocycles. The summed E-state index contributed by atoms with van der Waals surface area (Å²) in [7, 11) is 0. The number of hydrogen-bond donors (Lipinski definition) is 0. The molecule has 0 bridgehead atoms. The van der Waals surface area contributed by atoms with Gasteiger partial charge in [0.15, 0.2) is 0 Å². The van der Waals surface area contributed by atoms with E-state index in [0.717, 1.165) is 21.1 Å². The maximum absolute atomic E-state index is 12.8. The first-order valence-corrected chi connectivity index (χ1v) is 8.50. The van der Waals surface area contributed by atoms with E-state index in [1.165, 1.54) is 11.3 Å². The minimum Gasteiger partial charge on any atom is -0.300 e. The first-order chi connectivity index (χ1) is 11.1. The van der Waals surface area contributed by atoms with Crippen molar-refractivity contribution in [2.24, 2.45) is 0 Å². The predicted molar refractivity (Wildman–Crippen MR) is 94.0 cm³/mol. The van der Waals surface area contributed by atoms with Gasteiger partial charge in [0.05, 0.1) is 5.39 Å². The number of aromatic nitrogens is 2. The molecule has 3 rings (SSSR count). The second kappa shape index (κ2) is 6.46. The van der Waals surface area contributed by atoms with Gasteiger partial charge in [0.1, 0.15) is 16.4 Å². The Bertz CT molecular complexity index is 910. The number of nitrogens with zero attached hydrogens (tertiary/aromatic N) is 2. The average molecular weight is 326 g/mol. The number of aryl methyl sites for hydroxylation is 1. The van der Waals surface area contributed by atoms with Crippen molar-refractivity contribution in [3.63, 3.8) is 0 Å². The first-order valence-electron chi connectivity index (χ1n) is 7.68. The van der Waals surface area contributed by atoms with Crippen molar-refractivity contribution in [1.82, 2.24) is 9.55 Å². The van der Waals surface area contributed by atoms with Gasteiger partial charge in [-0.1, -0.05) is 37.3 Å². The minimum atomic E-state index is -0.0495. The Hall–Kier alpha value is -2.27. The van der Waals surface area contributed by atoms with Crippen molar-refractivity contribution in [3.05, 3.63) is 52.6 Å². The Morgan fingerprint density at radius 1 is 1.26 bits per heavy atom. The zero-order valence-corrected chi connectivity index (χ0v) is 14.0. The van der Waals surface area contributed by atoms with Crippen LogP contribution in [0.5, 0.6) is 0 Å². The zero-order valence-electron chi connectivity index (χ0n) is 13.2. The highest BCUT2D eigenvalue weighted by Gasteiger charge is 2.14. The number of Topliss-reactive ketones (excluding diaryl/α,β-unsaturated/α-hetero) is 1. The standard InChI is InChI=1S/C18H18N2O2S/c1-3-16-19-17-14(18(22)20(16)10-9-12(2)21)11-15(23-17)13-7-5-4-6-8-13/h4-8,11H,3,9-10H2,1-2H3. The highest BCUT2D eigenvalue weighted by Crippen LogP contribution is 2.31. The Morgan fingerprint density at radius 3 is 2.65 bits per heavy atom. The fourth-order valence-corrected chi connectivity index (χ4v) is 3.62. The highest BCUT2D eigenvalue weighted by molar-refractivity contribution is 7.21. The fourth-order valence-electron chi connectivity index (χ4n) is 2.57. The van der Waals surface area contributed by atoms with Crippen LogP contribution in [-0.2, 0) is 17.8 Å². The molecule has 2 heterocycles. The van der Waals surface area contributed by atoms with Crippen molar-refractivity contribution in [2.75, 3.05) is 0 Å². The molecule has 2 aromatic heterocycles. The van der Waals surface area contributed by atoms with E-state index in [4.69, 9.17) is 0 Å². The molecule has 5 heteroatoms. The van der Waals surface area contributed by atoms with Crippen LogP contribution >= 0.6 is 11.3 Å². The lowest BCUT2D eigenvalue weighted by Gasteiger charge is -2.09. The first kappa shape index (κ1) is 15.6. The zero-order chi connectivity index (χ0) is 16.4. The number of hydrogen-bond acceptors (Lipinski definition) is 4. The lowest BCUT2D eigenvalue weighted by Crippen LogP contribution is -2.25. The summed E-state index contributed by atoms with van der Waals surface area (Å²) in [6, 6.07) is 11.9. The number of rotatable bonds is 5. The van der Waals surface area contributed by atoms with E-state index in [1.54, 1.807) is 11.5 Å². The summed E-state index contributed by atoms with van der Waals surface area (Å²) in [5.41, 5.74) is 1.04. The van der Waals surface area contributed by atoms with Crippen molar-refractivity contribution >= 4 is 27.3 Å². The van der Waals surface area contributed by atoms with E-state index in [0.29, 0.717) is 24.8 Å². The smallest absolute Gasteiger partial charge is 0.262 e. The van der Waals surface area contributed by atoms with Gasteiger partial charge < -0.3 is 0 Å². The summed E-state index contributed by atoms with van der Waals surface area (Å²) >= 11 is 1.54. The molecule has 0 fully saturated rings. The van der Waals surface area contributed by atoms with E-state index in [-0.39, 0.29) is 11.3 Å². The molecule has 0 unspecified atom stereocenters. The van der Waals surface area contributed by atoms with Crippen LogP contribution in [-0.4, -0.2) is 15.3 Å². The second-order valence-electron chi connectivity index (χ2n) is 5.49. The molecule has 0 N–H and O–H groups in total. The minimum absolute atomic E-state index is 0.0495. The van der Waals surface area contributed by atoms with Crippen molar-refractivity contribution in [1.29, 1.82) is 0 Å². The Balaban J connectivity index is 2.14. The van der Waals surface area contributed by atoms with E-state index in [9.17, 15) is 9.59 Å². The maximum atomic E-state index is 12.8. The molecule has 0 aliphatic rings. The van der Waals surface area contributed by atoms with Gasteiger partial charge in [-0.15, -0.1) is 11.3 Å². The molecule has 0 radical (unpaired) electrons. The molecule has 0 atom stereocenters. The molecule has 23 heavy (non-hydrogen) atoms. The van der Waals surface area contributed by atoms with Gasteiger partial charge in [-0.05, 0) is 18.6 Å². The number of carbonyl (C=O) groups excluding carboxylic acids is 1. The third-order valence-electron chi connectivity index (χ3n) is 3.79. The number of benzene rings is 1. The van der Waals surface area contributed by atoms with Gasteiger partial charge in [0.2, 0.25) is 0 Å².